The van der Waals surface area contributed by atoms with Crippen LogP contribution in [0.4, 0.5) is 5.69 Å². The Morgan fingerprint density at radius 3 is 2.55 bits per heavy atom. The first-order valence-corrected chi connectivity index (χ1v) is 8.54. The van der Waals surface area contributed by atoms with E-state index < -0.39 is 0 Å². The number of carbonyl (C=O) groups excluding carboxylic acids is 1. The van der Waals surface area contributed by atoms with Crippen LogP contribution in [0, 0.1) is 13.8 Å². The number of methoxy groups -OCH3 is 1. The van der Waals surface area contributed by atoms with Crippen LogP contribution < -0.4 is 10.1 Å². The molecule has 0 saturated heterocycles. The van der Waals surface area contributed by atoms with Gasteiger partial charge in [-0.05, 0) is 79.3 Å². The van der Waals surface area contributed by atoms with Crippen LogP contribution in [-0.4, -0.2) is 13.0 Å². The zero-order chi connectivity index (χ0) is 15.7. The molecule has 0 saturated carbocycles. The Hall–Kier alpha value is -1.81. The Labute approximate surface area is 135 Å². The van der Waals surface area contributed by atoms with Crippen LogP contribution in [0.2, 0.25) is 0 Å². The number of fused-ring (bicyclic) bond motifs is 1. The molecule has 22 heavy (non-hydrogen) atoms. The van der Waals surface area contributed by atoms with Crippen LogP contribution >= 0.6 is 11.3 Å². The SMILES string of the molecule is COc1c(C)cc(NC(=O)c2scc3c2CCCC3)cc1C. The summed E-state index contributed by atoms with van der Waals surface area (Å²) in [4.78, 5) is 13.5. The van der Waals surface area contributed by atoms with E-state index in [2.05, 4.69) is 10.7 Å². The summed E-state index contributed by atoms with van der Waals surface area (Å²) in [7, 11) is 1.67. The fourth-order valence-electron chi connectivity index (χ4n) is 3.24. The van der Waals surface area contributed by atoms with Gasteiger partial charge in [0.15, 0.2) is 0 Å². The van der Waals surface area contributed by atoms with Gasteiger partial charge in [-0.25, -0.2) is 0 Å². The lowest BCUT2D eigenvalue weighted by atomic mass is 9.94. The number of hydrogen-bond acceptors (Lipinski definition) is 3. The van der Waals surface area contributed by atoms with Crippen LogP contribution in [-0.2, 0) is 12.8 Å². The maximum atomic E-state index is 12.6. The lowest BCUT2D eigenvalue weighted by Crippen LogP contribution is -2.14. The molecule has 2 aromatic rings. The summed E-state index contributed by atoms with van der Waals surface area (Å²) in [5.74, 6) is 0.892. The Kier molecular flexibility index (Phi) is 4.21. The van der Waals surface area contributed by atoms with Crippen molar-refractivity contribution < 1.29 is 9.53 Å². The predicted octanol–water partition coefficient (Wildman–Crippen LogP) is 4.50. The maximum absolute atomic E-state index is 12.6. The second-order valence-electron chi connectivity index (χ2n) is 5.87. The summed E-state index contributed by atoms with van der Waals surface area (Å²) < 4.78 is 5.37. The van der Waals surface area contributed by atoms with Crippen molar-refractivity contribution >= 4 is 22.9 Å². The zero-order valence-electron chi connectivity index (χ0n) is 13.3. The predicted molar refractivity (Wildman–Crippen MR) is 91.4 cm³/mol. The van der Waals surface area contributed by atoms with Crippen LogP contribution in [0.25, 0.3) is 0 Å². The Bertz CT molecular complexity index is 695. The van der Waals surface area contributed by atoms with E-state index in [0.29, 0.717) is 0 Å². The highest BCUT2D eigenvalue weighted by Crippen LogP contribution is 2.31. The first kappa shape index (κ1) is 15.1. The van der Waals surface area contributed by atoms with Gasteiger partial charge in [0.1, 0.15) is 5.75 Å². The molecule has 0 aliphatic heterocycles. The molecule has 1 N–H and O–H groups in total. The van der Waals surface area contributed by atoms with Gasteiger partial charge in [-0.2, -0.15) is 0 Å². The summed E-state index contributed by atoms with van der Waals surface area (Å²) in [5.41, 5.74) is 5.52. The Morgan fingerprint density at radius 1 is 1.18 bits per heavy atom. The molecule has 3 rings (SSSR count). The molecule has 4 heteroatoms. The lowest BCUT2D eigenvalue weighted by molar-refractivity contribution is 0.102. The summed E-state index contributed by atoms with van der Waals surface area (Å²) in [6.45, 7) is 3.99. The first-order chi connectivity index (χ1) is 10.6. The van der Waals surface area contributed by atoms with E-state index >= 15 is 0 Å². The van der Waals surface area contributed by atoms with Gasteiger partial charge >= 0.3 is 0 Å². The van der Waals surface area contributed by atoms with Gasteiger partial charge in [0.2, 0.25) is 0 Å². The third-order valence-electron chi connectivity index (χ3n) is 4.23. The number of rotatable bonds is 3. The van der Waals surface area contributed by atoms with E-state index in [0.717, 1.165) is 40.3 Å². The van der Waals surface area contributed by atoms with Crippen LogP contribution in [0.3, 0.4) is 0 Å². The first-order valence-electron chi connectivity index (χ1n) is 7.66. The molecule has 1 aliphatic carbocycles. The van der Waals surface area contributed by atoms with Gasteiger partial charge < -0.3 is 10.1 Å². The third kappa shape index (κ3) is 2.75. The zero-order valence-corrected chi connectivity index (χ0v) is 14.1. The molecule has 0 unspecified atom stereocenters. The normalized spacial score (nSPS) is 13.6. The molecule has 116 valence electrons. The molecule has 1 aromatic heterocycles. The number of amides is 1. The lowest BCUT2D eigenvalue weighted by Gasteiger charge is -2.14. The van der Waals surface area contributed by atoms with Gasteiger partial charge in [0.25, 0.3) is 5.91 Å². The van der Waals surface area contributed by atoms with Crippen molar-refractivity contribution in [3.63, 3.8) is 0 Å². The second kappa shape index (κ2) is 6.13. The van der Waals surface area contributed by atoms with E-state index in [1.54, 1.807) is 18.4 Å². The Balaban J connectivity index is 1.84. The van der Waals surface area contributed by atoms with Gasteiger partial charge in [-0.1, -0.05) is 0 Å². The second-order valence-corrected chi connectivity index (χ2v) is 6.75. The minimum absolute atomic E-state index is 0.0112. The van der Waals surface area contributed by atoms with Crippen molar-refractivity contribution in [2.75, 3.05) is 12.4 Å². The average Bonchev–Trinajstić information content (AvgIpc) is 2.91. The molecule has 0 spiro atoms. The van der Waals surface area contributed by atoms with Crippen molar-refractivity contribution in [1.82, 2.24) is 0 Å². The number of thiophene rings is 1. The molecule has 0 radical (unpaired) electrons. The molecule has 1 aliphatic rings. The molecule has 0 bridgehead atoms. The van der Waals surface area contributed by atoms with E-state index in [1.165, 1.54) is 24.0 Å². The van der Waals surface area contributed by atoms with Crippen molar-refractivity contribution in [3.8, 4) is 5.75 Å². The summed E-state index contributed by atoms with van der Waals surface area (Å²) in [6, 6.07) is 3.92. The summed E-state index contributed by atoms with van der Waals surface area (Å²) >= 11 is 1.57. The maximum Gasteiger partial charge on any atom is 0.266 e. The van der Waals surface area contributed by atoms with Crippen LogP contribution in [0.15, 0.2) is 17.5 Å². The smallest absolute Gasteiger partial charge is 0.266 e. The topological polar surface area (TPSA) is 38.3 Å². The van der Waals surface area contributed by atoms with E-state index in [1.807, 2.05) is 26.0 Å². The molecule has 1 amide bonds. The standard InChI is InChI=1S/C18H21NO2S/c1-11-8-14(9-12(2)16(11)21-3)19-18(20)17-15-7-5-4-6-13(15)10-22-17/h8-10H,4-7H2,1-3H3,(H,19,20). The van der Waals surface area contributed by atoms with Gasteiger partial charge in [0.05, 0.1) is 12.0 Å². The van der Waals surface area contributed by atoms with Crippen molar-refractivity contribution in [2.24, 2.45) is 0 Å². The van der Waals surface area contributed by atoms with Crippen LogP contribution in [0.5, 0.6) is 5.75 Å². The minimum Gasteiger partial charge on any atom is -0.496 e. The fourth-order valence-corrected chi connectivity index (χ4v) is 4.30. The Morgan fingerprint density at radius 2 is 1.86 bits per heavy atom. The number of nitrogens with one attached hydrogen (secondary N) is 1. The summed E-state index contributed by atoms with van der Waals surface area (Å²) in [5, 5.41) is 5.19. The number of benzene rings is 1. The number of anilines is 1. The highest BCUT2D eigenvalue weighted by atomic mass is 32.1. The molecular weight excluding hydrogens is 294 g/mol. The largest absolute Gasteiger partial charge is 0.496 e. The molecule has 0 atom stereocenters. The quantitative estimate of drug-likeness (QED) is 0.905. The molecular formula is C18H21NO2S. The van der Waals surface area contributed by atoms with Crippen molar-refractivity contribution in [3.05, 3.63) is 44.6 Å². The third-order valence-corrected chi connectivity index (χ3v) is 5.30. The number of carbonyl (C=O) groups is 1. The highest BCUT2D eigenvalue weighted by Gasteiger charge is 2.20. The fraction of sp³-hybridized carbons (Fsp3) is 0.389. The van der Waals surface area contributed by atoms with E-state index in [4.69, 9.17) is 4.74 Å². The number of hydrogen-bond donors (Lipinski definition) is 1. The number of aryl methyl sites for hydroxylation is 3. The van der Waals surface area contributed by atoms with Gasteiger partial charge in [-0.15, -0.1) is 11.3 Å². The van der Waals surface area contributed by atoms with E-state index in [9.17, 15) is 4.79 Å². The molecule has 3 nitrogen and oxygen atoms in total. The molecule has 1 heterocycles. The average molecular weight is 315 g/mol. The van der Waals surface area contributed by atoms with Crippen molar-refractivity contribution in [2.45, 2.75) is 39.5 Å². The van der Waals surface area contributed by atoms with Gasteiger partial charge in [0, 0.05) is 5.69 Å². The highest BCUT2D eigenvalue weighted by molar-refractivity contribution is 7.12. The molecule has 1 aromatic carbocycles. The van der Waals surface area contributed by atoms with Gasteiger partial charge in [-0.3, -0.25) is 4.79 Å². The van der Waals surface area contributed by atoms with E-state index in [-0.39, 0.29) is 5.91 Å². The number of ether oxygens (including phenoxy) is 1. The minimum atomic E-state index is 0.0112. The van der Waals surface area contributed by atoms with Crippen LogP contribution in [0.1, 0.15) is 44.8 Å². The summed E-state index contributed by atoms with van der Waals surface area (Å²) in [6.07, 6.45) is 4.56. The molecule has 0 fully saturated rings. The van der Waals surface area contributed by atoms with Crippen molar-refractivity contribution in [1.29, 1.82) is 0 Å². The monoisotopic (exact) mass is 315 g/mol.